The summed E-state index contributed by atoms with van der Waals surface area (Å²) in [6, 6.07) is 8.64. The first-order valence-electron chi connectivity index (χ1n) is 7.82. The minimum Gasteiger partial charge on any atom is -0.493 e. The van der Waals surface area contributed by atoms with Crippen LogP contribution in [-0.4, -0.2) is 25.5 Å². The highest BCUT2D eigenvalue weighted by molar-refractivity contribution is 9.10. The second-order valence-electron chi connectivity index (χ2n) is 5.25. The van der Waals surface area contributed by atoms with E-state index < -0.39 is 17.6 Å². The number of carbonyl (C=O) groups is 2. The van der Waals surface area contributed by atoms with Crippen LogP contribution in [0.3, 0.4) is 0 Å². The van der Waals surface area contributed by atoms with Crippen molar-refractivity contribution in [1.29, 1.82) is 0 Å². The number of methoxy groups -OCH3 is 1. The molecule has 0 aliphatic rings. The third kappa shape index (κ3) is 4.95. The minimum atomic E-state index is -0.766. The third-order valence-corrected chi connectivity index (χ3v) is 3.85. The van der Waals surface area contributed by atoms with Crippen LogP contribution in [0.1, 0.15) is 34.1 Å². The molecule has 0 aliphatic heterocycles. The van der Waals surface area contributed by atoms with Crippen molar-refractivity contribution >= 4 is 27.7 Å². The average Bonchev–Trinajstić information content (AvgIpc) is 2.63. The molecule has 0 aliphatic carbocycles. The molecule has 138 valence electrons. The minimum absolute atomic E-state index is 0.186. The summed E-state index contributed by atoms with van der Waals surface area (Å²) >= 11 is 3.11. The molecule has 0 bridgehead atoms. The van der Waals surface area contributed by atoms with Gasteiger partial charge in [-0.1, -0.05) is 22.9 Å². The van der Waals surface area contributed by atoms with Gasteiger partial charge in [-0.3, -0.25) is 20.4 Å². The first-order chi connectivity index (χ1) is 12.5. The molecule has 2 amide bonds. The molecular formula is C18H18BrFN2O4. The van der Waals surface area contributed by atoms with Gasteiger partial charge in [-0.25, -0.2) is 4.39 Å². The molecule has 0 saturated heterocycles. The Labute approximate surface area is 158 Å². The van der Waals surface area contributed by atoms with Crippen LogP contribution in [0.25, 0.3) is 0 Å². The highest BCUT2D eigenvalue weighted by Crippen LogP contribution is 2.28. The first kappa shape index (κ1) is 19.7. The van der Waals surface area contributed by atoms with E-state index in [1.54, 1.807) is 6.07 Å². The molecule has 0 fully saturated rings. The number of hydrazine groups is 1. The molecule has 2 N–H and O–H groups in total. The molecule has 2 rings (SSSR count). The van der Waals surface area contributed by atoms with Crippen LogP contribution >= 0.6 is 15.9 Å². The van der Waals surface area contributed by atoms with E-state index in [1.807, 2.05) is 6.92 Å². The van der Waals surface area contributed by atoms with E-state index in [0.717, 1.165) is 12.5 Å². The predicted molar refractivity (Wildman–Crippen MR) is 97.8 cm³/mol. The number of amides is 2. The molecule has 0 heterocycles. The van der Waals surface area contributed by atoms with Crippen LogP contribution in [0.15, 0.2) is 40.9 Å². The smallest absolute Gasteiger partial charge is 0.272 e. The fraction of sp³-hybridized carbons (Fsp3) is 0.222. The molecule has 2 aromatic carbocycles. The summed E-state index contributed by atoms with van der Waals surface area (Å²) in [6.45, 7) is 2.50. The zero-order valence-electron chi connectivity index (χ0n) is 14.3. The lowest BCUT2D eigenvalue weighted by Gasteiger charge is -2.12. The quantitative estimate of drug-likeness (QED) is 0.696. The van der Waals surface area contributed by atoms with Crippen molar-refractivity contribution < 1.29 is 23.5 Å². The highest BCUT2D eigenvalue weighted by Gasteiger charge is 2.15. The molecule has 26 heavy (non-hydrogen) atoms. The van der Waals surface area contributed by atoms with Gasteiger partial charge in [-0.15, -0.1) is 0 Å². The number of nitrogens with one attached hydrogen (secondary N) is 2. The summed E-state index contributed by atoms with van der Waals surface area (Å²) in [4.78, 5) is 24.2. The van der Waals surface area contributed by atoms with Crippen LogP contribution in [0.5, 0.6) is 11.5 Å². The second-order valence-corrected chi connectivity index (χ2v) is 6.16. The SMILES string of the molecule is CCCOc1ccc(C(=O)NNC(=O)c2ccc(Br)cc2F)cc1OC. The Morgan fingerprint density at radius 3 is 2.46 bits per heavy atom. The Bertz CT molecular complexity index is 814. The Kier molecular flexibility index (Phi) is 6.97. The average molecular weight is 425 g/mol. The zero-order chi connectivity index (χ0) is 19.1. The number of halogens is 2. The highest BCUT2D eigenvalue weighted by atomic mass is 79.9. The summed E-state index contributed by atoms with van der Waals surface area (Å²) in [7, 11) is 1.47. The molecule has 6 nitrogen and oxygen atoms in total. The molecule has 0 radical (unpaired) electrons. The van der Waals surface area contributed by atoms with E-state index in [2.05, 4.69) is 26.8 Å². The van der Waals surface area contributed by atoms with Crippen molar-refractivity contribution in [2.24, 2.45) is 0 Å². The lowest BCUT2D eigenvalue weighted by atomic mass is 10.2. The number of rotatable bonds is 6. The predicted octanol–water partition coefficient (Wildman–Crippen LogP) is 3.46. The van der Waals surface area contributed by atoms with Crippen LogP contribution in [0.4, 0.5) is 4.39 Å². The largest absolute Gasteiger partial charge is 0.493 e. The number of hydrogen-bond donors (Lipinski definition) is 2. The van der Waals surface area contributed by atoms with Gasteiger partial charge in [0.05, 0.1) is 19.3 Å². The van der Waals surface area contributed by atoms with Gasteiger partial charge in [-0.2, -0.15) is 0 Å². The molecular weight excluding hydrogens is 407 g/mol. The van der Waals surface area contributed by atoms with E-state index in [4.69, 9.17) is 9.47 Å². The summed E-state index contributed by atoms with van der Waals surface area (Å²) in [5, 5.41) is 0. The van der Waals surface area contributed by atoms with E-state index in [0.29, 0.717) is 22.6 Å². The van der Waals surface area contributed by atoms with Crippen molar-refractivity contribution in [2.45, 2.75) is 13.3 Å². The Morgan fingerprint density at radius 2 is 1.81 bits per heavy atom. The van der Waals surface area contributed by atoms with Crippen LogP contribution in [0.2, 0.25) is 0 Å². The van der Waals surface area contributed by atoms with Gasteiger partial charge < -0.3 is 9.47 Å². The maximum Gasteiger partial charge on any atom is 0.272 e. The van der Waals surface area contributed by atoms with E-state index in [9.17, 15) is 14.0 Å². The molecule has 0 aromatic heterocycles. The van der Waals surface area contributed by atoms with Crippen LogP contribution in [0, 0.1) is 5.82 Å². The number of carbonyl (C=O) groups excluding carboxylic acids is 2. The lowest BCUT2D eigenvalue weighted by Crippen LogP contribution is -2.41. The normalized spacial score (nSPS) is 10.2. The molecule has 0 atom stereocenters. The monoisotopic (exact) mass is 424 g/mol. The molecule has 8 heteroatoms. The summed E-state index contributed by atoms with van der Waals surface area (Å²) in [5.74, 6) is -1.12. The van der Waals surface area contributed by atoms with E-state index in [1.165, 1.54) is 31.4 Å². The molecule has 0 saturated carbocycles. The molecule has 2 aromatic rings. The second kappa shape index (κ2) is 9.19. The third-order valence-electron chi connectivity index (χ3n) is 3.35. The summed E-state index contributed by atoms with van der Waals surface area (Å²) in [5.41, 5.74) is 4.48. The van der Waals surface area contributed by atoms with Crippen molar-refractivity contribution in [3.63, 3.8) is 0 Å². The lowest BCUT2D eigenvalue weighted by molar-refractivity contribution is 0.0844. The maximum atomic E-state index is 13.8. The fourth-order valence-electron chi connectivity index (χ4n) is 2.07. The van der Waals surface area contributed by atoms with Crippen molar-refractivity contribution in [2.75, 3.05) is 13.7 Å². The van der Waals surface area contributed by atoms with Gasteiger partial charge >= 0.3 is 0 Å². The zero-order valence-corrected chi connectivity index (χ0v) is 15.9. The summed E-state index contributed by atoms with van der Waals surface area (Å²) < 4.78 is 25.0. The fourth-order valence-corrected chi connectivity index (χ4v) is 2.40. The number of benzene rings is 2. The van der Waals surface area contributed by atoms with Crippen molar-refractivity contribution in [3.8, 4) is 11.5 Å². The topological polar surface area (TPSA) is 76.7 Å². The van der Waals surface area contributed by atoms with E-state index >= 15 is 0 Å². The Balaban J connectivity index is 2.04. The van der Waals surface area contributed by atoms with Gasteiger partial charge in [-0.05, 0) is 42.8 Å². The first-order valence-corrected chi connectivity index (χ1v) is 8.62. The maximum absolute atomic E-state index is 13.8. The Morgan fingerprint density at radius 1 is 1.08 bits per heavy atom. The van der Waals surface area contributed by atoms with Gasteiger partial charge in [0.2, 0.25) is 0 Å². The van der Waals surface area contributed by atoms with Crippen LogP contribution < -0.4 is 20.3 Å². The van der Waals surface area contributed by atoms with Gasteiger partial charge in [0, 0.05) is 10.0 Å². The van der Waals surface area contributed by atoms with Gasteiger partial charge in [0.1, 0.15) is 5.82 Å². The van der Waals surface area contributed by atoms with Gasteiger partial charge in [0.25, 0.3) is 11.8 Å². The van der Waals surface area contributed by atoms with Gasteiger partial charge in [0.15, 0.2) is 11.5 Å². The Hall–Kier alpha value is -2.61. The number of hydrogen-bond acceptors (Lipinski definition) is 4. The van der Waals surface area contributed by atoms with Crippen LogP contribution in [-0.2, 0) is 0 Å². The van der Waals surface area contributed by atoms with Crippen molar-refractivity contribution in [1.82, 2.24) is 10.9 Å². The van der Waals surface area contributed by atoms with Crippen molar-refractivity contribution in [3.05, 3.63) is 57.8 Å². The van der Waals surface area contributed by atoms with E-state index in [-0.39, 0.29) is 11.1 Å². The molecule has 0 unspecified atom stereocenters. The number of ether oxygens (including phenoxy) is 2. The standard InChI is InChI=1S/C18H18BrFN2O4/c1-3-8-26-15-7-4-11(9-16(15)25-2)17(23)21-22-18(24)13-6-5-12(19)10-14(13)20/h4-7,9-10H,3,8H2,1-2H3,(H,21,23)(H,22,24). The molecule has 0 spiro atoms. The summed E-state index contributed by atoms with van der Waals surface area (Å²) in [6.07, 6.45) is 0.837.